The van der Waals surface area contributed by atoms with Crippen LogP contribution >= 0.6 is 0 Å². The van der Waals surface area contributed by atoms with Crippen LogP contribution < -0.4 is 21.2 Å². The van der Waals surface area contributed by atoms with Crippen molar-refractivity contribution >= 4 is 17.4 Å². The van der Waals surface area contributed by atoms with E-state index in [0.717, 1.165) is 25.9 Å². The highest BCUT2D eigenvalue weighted by molar-refractivity contribution is 5.89. The van der Waals surface area contributed by atoms with Gasteiger partial charge in [0, 0.05) is 18.8 Å². The Balaban J connectivity index is 1.57. The van der Waals surface area contributed by atoms with Crippen LogP contribution in [0.4, 0.5) is 20.6 Å². The third kappa shape index (κ3) is 3.68. The quantitative estimate of drug-likeness (QED) is 0.678. The Labute approximate surface area is 131 Å². The maximum Gasteiger partial charge on any atom is 0.340 e. The predicted molar refractivity (Wildman–Crippen MR) is 82.9 cm³/mol. The highest BCUT2D eigenvalue weighted by atomic mass is 19.1. The van der Waals surface area contributed by atoms with Crippen LogP contribution in [0, 0.1) is 5.82 Å². The van der Waals surface area contributed by atoms with Gasteiger partial charge in [0.25, 0.3) is 0 Å². The Kier molecular flexibility index (Phi) is 4.26. The van der Waals surface area contributed by atoms with E-state index in [1.54, 1.807) is 12.1 Å². The number of aromatic amines is 2. The zero-order valence-corrected chi connectivity index (χ0v) is 12.4. The van der Waals surface area contributed by atoms with Gasteiger partial charge in [-0.2, -0.15) is 5.10 Å². The van der Waals surface area contributed by atoms with Crippen LogP contribution in [0.5, 0.6) is 0 Å². The lowest BCUT2D eigenvalue weighted by atomic mass is 10.2. The van der Waals surface area contributed by atoms with E-state index in [2.05, 4.69) is 25.8 Å². The lowest BCUT2D eigenvalue weighted by Gasteiger charge is -2.18. The lowest BCUT2D eigenvalue weighted by Crippen LogP contribution is -2.29. The number of halogens is 1. The summed E-state index contributed by atoms with van der Waals surface area (Å²) in [6, 6.07) is 4.11. The molecule has 1 aliphatic heterocycles. The molecule has 0 radical (unpaired) electrons. The summed E-state index contributed by atoms with van der Waals surface area (Å²) in [6.45, 7) is 1.76. The van der Waals surface area contributed by atoms with E-state index in [4.69, 9.17) is 0 Å². The summed E-state index contributed by atoms with van der Waals surface area (Å²) in [5.41, 5.74) is 0.475. The molecule has 122 valence electrons. The second kappa shape index (κ2) is 6.51. The molecular weight excluding hydrogens is 303 g/mol. The number of nitrogens with one attached hydrogen (secondary N) is 4. The second-order valence-corrected chi connectivity index (χ2v) is 5.29. The van der Waals surface area contributed by atoms with Crippen molar-refractivity contribution in [2.45, 2.75) is 19.4 Å². The smallest absolute Gasteiger partial charge is 0.340 e. The van der Waals surface area contributed by atoms with Crippen LogP contribution in [0.25, 0.3) is 0 Å². The van der Waals surface area contributed by atoms with Crippen molar-refractivity contribution in [2.75, 3.05) is 23.3 Å². The largest absolute Gasteiger partial charge is 0.369 e. The minimum atomic E-state index is -0.512. The molecule has 0 atom stereocenters. The number of urea groups is 1. The molecule has 0 saturated carbocycles. The Morgan fingerprint density at radius 3 is 2.78 bits per heavy atom. The highest BCUT2D eigenvalue weighted by Crippen LogP contribution is 2.25. The summed E-state index contributed by atoms with van der Waals surface area (Å²) >= 11 is 0. The number of anilines is 2. The first-order valence-electron chi connectivity index (χ1n) is 7.35. The summed E-state index contributed by atoms with van der Waals surface area (Å²) in [5, 5.41) is 10.9. The maximum atomic E-state index is 14.1. The van der Waals surface area contributed by atoms with Crippen LogP contribution in [0.1, 0.15) is 18.7 Å². The van der Waals surface area contributed by atoms with Crippen molar-refractivity contribution in [2.24, 2.45) is 0 Å². The number of hydrogen-bond acceptors (Lipinski definition) is 4. The molecule has 9 heteroatoms. The van der Waals surface area contributed by atoms with Gasteiger partial charge in [0.2, 0.25) is 0 Å². The normalized spacial score (nSPS) is 14.0. The van der Waals surface area contributed by atoms with Crippen molar-refractivity contribution in [1.29, 1.82) is 0 Å². The van der Waals surface area contributed by atoms with Crippen molar-refractivity contribution in [3.05, 3.63) is 40.3 Å². The first-order valence-corrected chi connectivity index (χ1v) is 7.35. The second-order valence-electron chi connectivity index (χ2n) is 5.29. The standard InChI is InChI=1S/C14H17FN6O2/c15-10-7-9(3-4-11(10)21-5-1-2-6-21)17-13(22)16-8-12-18-14(23)20-19-12/h3-4,7H,1-2,5-6,8H2,(H2,16,17,22)(H2,18,19,20,23). The molecule has 1 saturated heterocycles. The summed E-state index contributed by atoms with van der Waals surface area (Å²) in [7, 11) is 0. The SMILES string of the molecule is O=C(NCc1n[nH]c(=O)[nH]1)Nc1ccc(N2CCCC2)c(F)c1. The van der Waals surface area contributed by atoms with Crippen LogP contribution in [-0.4, -0.2) is 34.3 Å². The maximum absolute atomic E-state index is 14.1. The van der Waals surface area contributed by atoms with E-state index in [1.807, 2.05) is 4.90 Å². The molecule has 0 unspecified atom stereocenters. The van der Waals surface area contributed by atoms with E-state index in [1.165, 1.54) is 6.07 Å². The zero-order chi connectivity index (χ0) is 16.2. The molecule has 2 heterocycles. The average Bonchev–Trinajstić information content (AvgIpc) is 3.17. The number of rotatable bonds is 4. The number of carbonyl (C=O) groups is 1. The van der Waals surface area contributed by atoms with Crippen LogP contribution in [0.3, 0.4) is 0 Å². The fraction of sp³-hybridized carbons (Fsp3) is 0.357. The molecule has 2 amide bonds. The molecule has 1 fully saturated rings. The lowest BCUT2D eigenvalue weighted by molar-refractivity contribution is 0.251. The van der Waals surface area contributed by atoms with Gasteiger partial charge < -0.3 is 15.5 Å². The molecule has 23 heavy (non-hydrogen) atoms. The molecule has 0 spiro atoms. The topological polar surface area (TPSA) is 106 Å². The molecule has 4 N–H and O–H groups in total. The number of nitrogens with zero attached hydrogens (tertiary/aromatic N) is 2. The van der Waals surface area contributed by atoms with Crippen molar-refractivity contribution in [3.63, 3.8) is 0 Å². The predicted octanol–water partition coefficient (Wildman–Crippen LogP) is 1.16. The van der Waals surface area contributed by atoms with E-state index < -0.39 is 11.7 Å². The van der Waals surface area contributed by atoms with E-state index in [-0.39, 0.29) is 12.4 Å². The van der Waals surface area contributed by atoms with E-state index in [9.17, 15) is 14.0 Å². The minimum Gasteiger partial charge on any atom is -0.369 e. The molecule has 1 aliphatic rings. The first-order chi connectivity index (χ1) is 11.1. The van der Waals surface area contributed by atoms with Gasteiger partial charge in [-0.25, -0.2) is 19.1 Å². The molecular formula is C14H17FN6O2. The summed E-state index contributed by atoms with van der Waals surface area (Å²) in [4.78, 5) is 27.0. The number of H-pyrrole nitrogens is 2. The van der Waals surface area contributed by atoms with Crippen LogP contribution in [0.15, 0.2) is 23.0 Å². The van der Waals surface area contributed by atoms with Crippen molar-refractivity contribution < 1.29 is 9.18 Å². The van der Waals surface area contributed by atoms with Gasteiger partial charge in [0.1, 0.15) is 11.6 Å². The number of benzene rings is 1. The molecule has 2 aromatic rings. The van der Waals surface area contributed by atoms with Gasteiger partial charge in [-0.05, 0) is 31.0 Å². The third-order valence-corrected chi connectivity index (χ3v) is 3.62. The highest BCUT2D eigenvalue weighted by Gasteiger charge is 2.16. The number of aromatic nitrogens is 3. The Bertz CT molecular complexity index is 750. The molecule has 1 aromatic carbocycles. The number of hydrogen-bond donors (Lipinski definition) is 4. The van der Waals surface area contributed by atoms with Gasteiger partial charge >= 0.3 is 11.7 Å². The van der Waals surface area contributed by atoms with Crippen molar-refractivity contribution in [3.8, 4) is 0 Å². The van der Waals surface area contributed by atoms with Gasteiger partial charge in [0.05, 0.1) is 12.2 Å². The number of carbonyl (C=O) groups excluding carboxylic acids is 1. The summed E-state index contributed by atoms with van der Waals surface area (Å²) in [6.07, 6.45) is 2.13. The van der Waals surface area contributed by atoms with Crippen molar-refractivity contribution in [1.82, 2.24) is 20.5 Å². The van der Waals surface area contributed by atoms with Gasteiger partial charge in [-0.1, -0.05) is 0 Å². The molecule has 3 rings (SSSR count). The third-order valence-electron chi connectivity index (χ3n) is 3.62. The first kappa shape index (κ1) is 15.1. The molecule has 1 aromatic heterocycles. The zero-order valence-electron chi connectivity index (χ0n) is 12.4. The average molecular weight is 320 g/mol. The van der Waals surface area contributed by atoms with Gasteiger partial charge in [-0.3, -0.25) is 4.98 Å². The molecule has 8 nitrogen and oxygen atoms in total. The van der Waals surface area contributed by atoms with Crippen LogP contribution in [0.2, 0.25) is 0 Å². The Hall–Kier alpha value is -2.84. The Morgan fingerprint density at radius 1 is 1.35 bits per heavy atom. The summed E-state index contributed by atoms with van der Waals surface area (Å²) in [5.74, 6) is -0.0537. The monoisotopic (exact) mass is 320 g/mol. The molecule has 0 bridgehead atoms. The minimum absolute atomic E-state index is 0.0545. The molecule has 0 aliphatic carbocycles. The van der Waals surface area contributed by atoms with E-state index in [0.29, 0.717) is 17.2 Å². The van der Waals surface area contributed by atoms with Crippen LogP contribution in [-0.2, 0) is 6.54 Å². The van der Waals surface area contributed by atoms with Gasteiger partial charge in [0.15, 0.2) is 0 Å². The fourth-order valence-corrected chi connectivity index (χ4v) is 2.53. The summed E-state index contributed by atoms with van der Waals surface area (Å²) < 4.78 is 14.1. The fourth-order valence-electron chi connectivity index (χ4n) is 2.53. The van der Waals surface area contributed by atoms with Gasteiger partial charge in [-0.15, -0.1) is 0 Å². The Morgan fingerprint density at radius 2 is 2.13 bits per heavy atom. The van der Waals surface area contributed by atoms with E-state index >= 15 is 0 Å². The number of amides is 2.